The zero-order valence-corrected chi connectivity index (χ0v) is 11.7. The smallest absolute Gasteiger partial charge is 0.252 e. The molecule has 0 radical (unpaired) electrons. The number of hydrogen-bond acceptors (Lipinski definition) is 4. The van der Waals surface area contributed by atoms with Gasteiger partial charge >= 0.3 is 0 Å². The molecule has 0 spiro atoms. The van der Waals surface area contributed by atoms with Crippen LogP contribution in [0.25, 0.3) is 0 Å². The monoisotopic (exact) mass is 283 g/mol. The number of ether oxygens (including phenoxy) is 1. The summed E-state index contributed by atoms with van der Waals surface area (Å²) in [5.74, 6) is 0.819. The summed E-state index contributed by atoms with van der Waals surface area (Å²) in [7, 11) is 1.73. The van der Waals surface area contributed by atoms with E-state index in [2.05, 4.69) is 15.6 Å². The van der Waals surface area contributed by atoms with E-state index in [1.807, 2.05) is 0 Å². The number of carbonyl (C=O) groups excluding carboxylic acids is 1. The van der Waals surface area contributed by atoms with Crippen LogP contribution in [0.5, 0.6) is 0 Å². The fourth-order valence-corrected chi connectivity index (χ4v) is 2.31. The van der Waals surface area contributed by atoms with Crippen LogP contribution in [0, 0.1) is 5.92 Å². The molecule has 1 saturated heterocycles. The number of nitrogens with zero attached hydrogens (tertiary/aromatic N) is 1. The van der Waals surface area contributed by atoms with Crippen molar-refractivity contribution >= 4 is 23.3 Å². The number of amides is 1. The third kappa shape index (κ3) is 3.81. The van der Waals surface area contributed by atoms with Crippen LogP contribution in [-0.2, 0) is 4.74 Å². The zero-order valence-electron chi connectivity index (χ0n) is 10.9. The Morgan fingerprint density at radius 3 is 3.11 bits per heavy atom. The molecule has 2 rings (SSSR count). The molecule has 1 aromatic heterocycles. The van der Waals surface area contributed by atoms with Crippen LogP contribution < -0.4 is 10.6 Å². The summed E-state index contributed by atoms with van der Waals surface area (Å²) < 4.78 is 5.38. The van der Waals surface area contributed by atoms with Crippen LogP contribution in [0.2, 0.25) is 5.02 Å². The lowest BCUT2D eigenvalue weighted by Gasteiger charge is -2.22. The van der Waals surface area contributed by atoms with E-state index in [0.29, 0.717) is 28.9 Å². The largest absolute Gasteiger partial charge is 0.381 e. The summed E-state index contributed by atoms with van der Waals surface area (Å²) in [6, 6.07) is 1.62. The van der Waals surface area contributed by atoms with E-state index >= 15 is 0 Å². The molecule has 2 heterocycles. The van der Waals surface area contributed by atoms with Crippen molar-refractivity contribution in [2.45, 2.75) is 12.8 Å². The number of rotatable bonds is 4. The SMILES string of the molecule is CNc1ncc(C(=O)NCC2CCCOC2)cc1Cl. The molecule has 0 bridgehead atoms. The lowest BCUT2D eigenvalue weighted by Crippen LogP contribution is -2.33. The summed E-state index contributed by atoms with van der Waals surface area (Å²) in [5.41, 5.74) is 0.473. The van der Waals surface area contributed by atoms with Crippen LogP contribution in [0.15, 0.2) is 12.3 Å². The Balaban J connectivity index is 1.90. The van der Waals surface area contributed by atoms with Crippen molar-refractivity contribution in [2.24, 2.45) is 5.92 Å². The van der Waals surface area contributed by atoms with Gasteiger partial charge in [-0.25, -0.2) is 4.98 Å². The summed E-state index contributed by atoms with van der Waals surface area (Å²) in [5, 5.41) is 6.19. The van der Waals surface area contributed by atoms with Crippen LogP contribution in [0.3, 0.4) is 0 Å². The van der Waals surface area contributed by atoms with Gasteiger partial charge in [-0.1, -0.05) is 11.6 Å². The van der Waals surface area contributed by atoms with Gasteiger partial charge in [-0.2, -0.15) is 0 Å². The molecule has 0 aromatic carbocycles. The summed E-state index contributed by atoms with van der Waals surface area (Å²) in [6.45, 7) is 2.18. The first-order valence-corrected chi connectivity index (χ1v) is 6.77. The van der Waals surface area contributed by atoms with Crippen LogP contribution in [0.1, 0.15) is 23.2 Å². The first kappa shape index (κ1) is 14.1. The molecule has 2 N–H and O–H groups in total. The third-order valence-corrected chi connectivity index (χ3v) is 3.43. The average molecular weight is 284 g/mol. The van der Waals surface area contributed by atoms with Crippen molar-refractivity contribution in [3.63, 3.8) is 0 Å². The Labute approximate surface area is 117 Å². The maximum Gasteiger partial charge on any atom is 0.252 e. The van der Waals surface area contributed by atoms with E-state index in [9.17, 15) is 4.79 Å². The maximum atomic E-state index is 12.0. The molecule has 1 aliphatic rings. The van der Waals surface area contributed by atoms with E-state index in [4.69, 9.17) is 16.3 Å². The molecule has 104 valence electrons. The Kier molecular flexibility index (Phi) is 4.99. The molecule has 1 aromatic rings. The van der Waals surface area contributed by atoms with Crippen LogP contribution in [-0.4, -0.2) is 37.7 Å². The Morgan fingerprint density at radius 2 is 2.47 bits per heavy atom. The van der Waals surface area contributed by atoms with Crippen molar-refractivity contribution in [3.8, 4) is 0 Å². The summed E-state index contributed by atoms with van der Waals surface area (Å²) >= 11 is 6.00. The molecule has 1 fully saturated rings. The van der Waals surface area contributed by atoms with E-state index in [1.54, 1.807) is 13.1 Å². The van der Waals surface area contributed by atoms with Gasteiger partial charge in [-0.3, -0.25) is 4.79 Å². The molecule has 5 nitrogen and oxygen atoms in total. The second-order valence-electron chi connectivity index (χ2n) is 4.60. The number of halogens is 1. The summed E-state index contributed by atoms with van der Waals surface area (Å²) in [4.78, 5) is 16.1. The van der Waals surface area contributed by atoms with Gasteiger partial charge in [0, 0.05) is 26.4 Å². The second kappa shape index (κ2) is 6.73. The van der Waals surface area contributed by atoms with Crippen molar-refractivity contribution < 1.29 is 9.53 Å². The number of anilines is 1. The molecule has 0 saturated carbocycles. The van der Waals surface area contributed by atoms with Gasteiger partial charge in [0.1, 0.15) is 5.82 Å². The standard InChI is InChI=1S/C13H18ClN3O2/c1-15-12-11(14)5-10(7-16-12)13(18)17-6-9-3-2-4-19-8-9/h5,7,9H,2-4,6,8H2,1H3,(H,15,16)(H,17,18). The zero-order chi connectivity index (χ0) is 13.7. The number of aromatic nitrogens is 1. The van der Waals surface area contributed by atoms with Crippen molar-refractivity contribution in [2.75, 3.05) is 32.1 Å². The minimum absolute atomic E-state index is 0.150. The molecular formula is C13H18ClN3O2. The van der Waals surface area contributed by atoms with E-state index < -0.39 is 0 Å². The van der Waals surface area contributed by atoms with Gasteiger partial charge < -0.3 is 15.4 Å². The molecule has 0 aliphatic carbocycles. The molecule has 19 heavy (non-hydrogen) atoms. The van der Waals surface area contributed by atoms with Gasteiger partial charge in [0.05, 0.1) is 17.2 Å². The second-order valence-corrected chi connectivity index (χ2v) is 5.00. The maximum absolute atomic E-state index is 12.0. The van der Waals surface area contributed by atoms with Crippen molar-refractivity contribution in [1.82, 2.24) is 10.3 Å². The highest BCUT2D eigenvalue weighted by Crippen LogP contribution is 2.19. The van der Waals surface area contributed by atoms with Gasteiger partial charge in [0.15, 0.2) is 0 Å². The topological polar surface area (TPSA) is 63.2 Å². The van der Waals surface area contributed by atoms with Crippen molar-refractivity contribution in [3.05, 3.63) is 22.8 Å². The first-order valence-electron chi connectivity index (χ1n) is 6.40. The van der Waals surface area contributed by atoms with Gasteiger partial charge in [-0.05, 0) is 24.8 Å². The molecule has 1 amide bonds. The fraction of sp³-hybridized carbons (Fsp3) is 0.538. The Bertz CT molecular complexity index is 448. The summed E-state index contributed by atoms with van der Waals surface area (Å²) in [6.07, 6.45) is 3.67. The fourth-order valence-electron chi connectivity index (χ4n) is 2.05. The molecule has 1 unspecified atom stereocenters. The van der Waals surface area contributed by atoms with E-state index in [0.717, 1.165) is 26.1 Å². The highest BCUT2D eigenvalue weighted by Gasteiger charge is 2.16. The van der Waals surface area contributed by atoms with Gasteiger partial charge in [-0.15, -0.1) is 0 Å². The molecule has 1 aliphatic heterocycles. The highest BCUT2D eigenvalue weighted by molar-refractivity contribution is 6.33. The number of nitrogens with one attached hydrogen (secondary N) is 2. The van der Waals surface area contributed by atoms with Crippen molar-refractivity contribution in [1.29, 1.82) is 0 Å². The lowest BCUT2D eigenvalue weighted by atomic mass is 10.0. The first-order chi connectivity index (χ1) is 9.20. The minimum Gasteiger partial charge on any atom is -0.381 e. The Morgan fingerprint density at radius 1 is 1.63 bits per heavy atom. The molecular weight excluding hydrogens is 266 g/mol. The normalized spacial score (nSPS) is 18.9. The van der Waals surface area contributed by atoms with Crippen LogP contribution >= 0.6 is 11.6 Å². The lowest BCUT2D eigenvalue weighted by molar-refractivity contribution is 0.0536. The predicted molar refractivity (Wildman–Crippen MR) is 74.7 cm³/mol. The quantitative estimate of drug-likeness (QED) is 0.886. The minimum atomic E-state index is -0.150. The molecule has 1 atom stereocenters. The highest BCUT2D eigenvalue weighted by atomic mass is 35.5. The third-order valence-electron chi connectivity index (χ3n) is 3.15. The number of pyridine rings is 1. The number of hydrogen-bond donors (Lipinski definition) is 2. The van der Waals surface area contributed by atoms with Gasteiger partial charge in [0.2, 0.25) is 0 Å². The van der Waals surface area contributed by atoms with E-state index in [-0.39, 0.29) is 5.91 Å². The predicted octanol–water partition coefficient (Wildman–Crippen LogP) is 1.93. The average Bonchev–Trinajstić information content (AvgIpc) is 2.45. The molecule has 6 heteroatoms. The number of carbonyl (C=O) groups is 1. The van der Waals surface area contributed by atoms with E-state index in [1.165, 1.54) is 6.20 Å². The van der Waals surface area contributed by atoms with Crippen LogP contribution in [0.4, 0.5) is 5.82 Å². The van der Waals surface area contributed by atoms with Gasteiger partial charge in [0.25, 0.3) is 5.91 Å². The Hall–Kier alpha value is -1.33.